The van der Waals surface area contributed by atoms with Crippen LogP contribution in [-0.2, 0) is 24.0 Å². The number of carbonyl (C=O) groups is 5. The molecule has 0 saturated carbocycles. The van der Waals surface area contributed by atoms with Crippen molar-refractivity contribution in [3.63, 3.8) is 0 Å². The second kappa shape index (κ2) is 13.6. The summed E-state index contributed by atoms with van der Waals surface area (Å²) in [6, 6.07) is -4.43. The minimum absolute atomic E-state index is 0.0607. The van der Waals surface area contributed by atoms with Gasteiger partial charge in [0.15, 0.2) is 6.04 Å². The number of carbonyl (C=O) groups excluding carboxylic acids is 4. The van der Waals surface area contributed by atoms with Gasteiger partial charge in [0.05, 0.1) is 18.7 Å². The highest BCUT2D eigenvalue weighted by Gasteiger charge is 2.30. The van der Waals surface area contributed by atoms with Crippen LogP contribution in [0.5, 0.6) is 0 Å². The molecule has 0 aromatic heterocycles. The van der Waals surface area contributed by atoms with Crippen LogP contribution >= 0.6 is 0 Å². The standard InChI is InChI=1S/C20H37N5O7/c1-7-10(4)14(21)18(29)22-8-13(27)24-15(9(2)3)19(30)23-11(5)17(28)25-16(12(6)26)20(31)32/h9-12,14-16,26H,7-8,21H2,1-6H3,(H,22,29)(H,23,30)(H,24,27)(H,25,28)(H,31,32)/t10-,11-,12+,14-,15-,16-/m0/s1. The fourth-order valence-corrected chi connectivity index (χ4v) is 2.59. The Labute approximate surface area is 188 Å². The molecule has 0 radical (unpaired) electrons. The number of aliphatic carboxylic acids is 1. The topological polar surface area (TPSA) is 200 Å². The van der Waals surface area contributed by atoms with Crippen molar-refractivity contribution in [2.24, 2.45) is 17.6 Å². The summed E-state index contributed by atoms with van der Waals surface area (Å²) in [4.78, 5) is 60.1. The van der Waals surface area contributed by atoms with Gasteiger partial charge < -0.3 is 37.2 Å². The number of aliphatic hydroxyl groups is 1. The van der Waals surface area contributed by atoms with E-state index in [9.17, 15) is 29.1 Å². The highest BCUT2D eigenvalue weighted by molar-refractivity contribution is 5.94. The van der Waals surface area contributed by atoms with Gasteiger partial charge in [-0.3, -0.25) is 19.2 Å². The predicted molar refractivity (Wildman–Crippen MR) is 116 cm³/mol. The van der Waals surface area contributed by atoms with Crippen molar-refractivity contribution < 1.29 is 34.2 Å². The molecule has 4 amide bonds. The summed E-state index contributed by atoms with van der Waals surface area (Å²) in [6.45, 7) is 9.25. The zero-order valence-electron chi connectivity index (χ0n) is 19.5. The van der Waals surface area contributed by atoms with Gasteiger partial charge in [-0.2, -0.15) is 0 Å². The van der Waals surface area contributed by atoms with E-state index in [4.69, 9.17) is 10.8 Å². The molecular formula is C20H37N5O7. The molecular weight excluding hydrogens is 422 g/mol. The highest BCUT2D eigenvalue weighted by atomic mass is 16.4. The maximum Gasteiger partial charge on any atom is 0.328 e. The Morgan fingerprint density at radius 2 is 1.41 bits per heavy atom. The lowest BCUT2D eigenvalue weighted by molar-refractivity contribution is -0.145. The summed E-state index contributed by atoms with van der Waals surface area (Å²) >= 11 is 0. The molecule has 0 aliphatic carbocycles. The fraction of sp³-hybridized carbons (Fsp3) is 0.750. The maximum atomic E-state index is 12.6. The lowest BCUT2D eigenvalue weighted by atomic mass is 9.99. The molecule has 12 nitrogen and oxygen atoms in total. The van der Waals surface area contributed by atoms with Crippen molar-refractivity contribution in [3.05, 3.63) is 0 Å². The van der Waals surface area contributed by atoms with Crippen molar-refractivity contribution in [2.45, 2.75) is 78.2 Å². The van der Waals surface area contributed by atoms with E-state index in [0.29, 0.717) is 6.42 Å². The summed E-state index contributed by atoms with van der Waals surface area (Å²) in [5, 5.41) is 28.0. The average molecular weight is 460 g/mol. The van der Waals surface area contributed by atoms with E-state index in [1.54, 1.807) is 13.8 Å². The van der Waals surface area contributed by atoms with E-state index in [1.165, 1.54) is 13.8 Å². The molecule has 6 atom stereocenters. The monoisotopic (exact) mass is 459 g/mol. The van der Waals surface area contributed by atoms with Crippen molar-refractivity contribution in [2.75, 3.05) is 6.54 Å². The average Bonchev–Trinajstić information content (AvgIpc) is 2.71. The van der Waals surface area contributed by atoms with Crippen molar-refractivity contribution >= 4 is 29.6 Å². The smallest absolute Gasteiger partial charge is 0.328 e. The third-order valence-electron chi connectivity index (χ3n) is 5.05. The Hall–Kier alpha value is -2.73. The van der Waals surface area contributed by atoms with Crippen LogP contribution in [0.4, 0.5) is 0 Å². The highest BCUT2D eigenvalue weighted by Crippen LogP contribution is 2.05. The van der Waals surface area contributed by atoms with Crippen LogP contribution < -0.4 is 27.0 Å². The van der Waals surface area contributed by atoms with Crippen LogP contribution in [0.3, 0.4) is 0 Å². The number of nitrogens with two attached hydrogens (primary N) is 1. The van der Waals surface area contributed by atoms with E-state index in [0.717, 1.165) is 0 Å². The Balaban J connectivity index is 4.91. The first-order chi connectivity index (χ1) is 14.7. The zero-order valence-corrected chi connectivity index (χ0v) is 19.5. The quantitative estimate of drug-likeness (QED) is 0.165. The van der Waals surface area contributed by atoms with E-state index in [2.05, 4.69) is 21.3 Å². The molecule has 8 N–H and O–H groups in total. The summed E-state index contributed by atoms with van der Waals surface area (Å²) in [7, 11) is 0. The van der Waals surface area contributed by atoms with Gasteiger partial charge in [0.2, 0.25) is 23.6 Å². The van der Waals surface area contributed by atoms with E-state index >= 15 is 0 Å². The molecule has 0 aromatic carbocycles. The Morgan fingerprint density at radius 3 is 1.84 bits per heavy atom. The summed E-state index contributed by atoms with van der Waals surface area (Å²) in [6.07, 6.45) is -0.641. The third kappa shape index (κ3) is 9.60. The molecule has 0 aromatic rings. The van der Waals surface area contributed by atoms with Gasteiger partial charge >= 0.3 is 5.97 Å². The molecule has 12 heteroatoms. The number of rotatable bonds is 13. The third-order valence-corrected chi connectivity index (χ3v) is 5.05. The first-order valence-electron chi connectivity index (χ1n) is 10.6. The van der Waals surface area contributed by atoms with Crippen molar-refractivity contribution in [3.8, 4) is 0 Å². The van der Waals surface area contributed by atoms with Crippen LogP contribution in [0, 0.1) is 11.8 Å². The normalized spacial score (nSPS) is 16.7. The number of amides is 4. The van der Waals surface area contributed by atoms with Crippen LogP contribution in [0.2, 0.25) is 0 Å². The molecule has 0 fully saturated rings. The first-order valence-corrected chi connectivity index (χ1v) is 10.6. The van der Waals surface area contributed by atoms with E-state index < -0.39 is 59.9 Å². The summed E-state index contributed by atoms with van der Waals surface area (Å²) in [5.41, 5.74) is 5.81. The number of nitrogens with one attached hydrogen (secondary N) is 4. The number of hydrogen-bond acceptors (Lipinski definition) is 7. The summed E-state index contributed by atoms with van der Waals surface area (Å²) in [5.74, 6) is -4.40. The molecule has 184 valence electrons. The zero-order chi connectivity index (χ0) is 25.2. The maximum absolute atomic E-state index is 12.6. The van der Waals surface area contributed by atoms with Crippen LogP contribution in [0.15, 0.2) is 0 Å². The molecule has 0 aliphatic rings. The van der Waals surface area contributed by atoms with Gasteiger partial charge in [-0.05, 0) is 25.7 Å². The molecule has 0 saturated heterocycles. The molecule has 0 bridgehead atoms. The van der Waals surface area contributed by atoms with Gasteiger partial charge in [-0.25, -0.2) is 4.79 Å². The molecule has 0 heterocycles. The SMILES string of the molecule is CC[C@H](C)[C@H](N)C(=O)NCC(=O)N[C@H](C(=O)N[C@@H](C)C(=O)N[C@H](C(=O)O)[C@@H](C)O)C(C)C. The minimum Gasteiger partial charge on any atom is -0.480 e. The minimum atomic E-state index is -1.53. The lowest BCUT2D eigenvalue weighted by Crippen LogP contribution is -2.58. The lowest BCUT2D eigenvalue weighted by Gasteiger charge is -2.25. The number of aliphatic hydroxyl groups excluding tert-OH is 1. The van der Waals surface area contributed by atoms with Gasteiger partial charge in [-0.15, -0.1) is 0 Å². The van der Waals surface area contributed by atoms with Crippen molar-refractivity contribution in [1.82, 2.24) is 21.3 Å². The number of hydrogen-bond donors (Lipinski definition) is 7. The second-order valence-corrected chi connectivity index (χ2v) is 8.21. The predicted octanol–water partition coefficient (Wildman–Crippen LogP) is -1.93. The number of carboxylic acids is 1. The fourth-order valence-electron chi connectivity index (χ4n) is 2.59. The van der Waals surface area contributed by atoms with E-state index in [1.807, 2.05) is 13.8 Å². The summed E-state index contributed by atoms with van der Waals surface area (Å²) < 4.78 is 0. The van der Waals surface area contributed by atoms with Gasteiger partial charge in [0.25, 0.3) is 0 Å². The first kappa shape index (κ1) is 29.3. The molecule has 0 unspecified atom stereocenters. The molecule has 0 aliphatic heterocycles. The Bertz CT molecular complexity index is 683. The van der Waals surface area contributed by atoms with Gasteiger partial charge in [0, 0.05) is 0 Å². The van der Waals surface area contributed by atoms with E-state index in [-0.39, 0.29) is 18.4 Å². The molecule has 32 heavy (non-hydrogen) atoms. The molecule has 0 rings (SSSR count). The Morgan fingerprint density at radius 1 is 0.844 bits per heavy atom. The van der Waals surface area contributed by atoms with Crippen LogP contribution in [0.1, 0.15) is 48.0 Å². The van der Waals surface area contributed by atoms with Crippen LogP contribution in [-0.4, -0.2) is 76.6 Å². The second-order valence-electron chi connectivity index (χ2n) is 8.21. The van der Waals surface area contributed by atoms with Crippen molar-refractivity contribution in [1.29, 1.82) is 0 Å². The van der Waals surface area contributed by atoms with Crippen LogP contribution in [0.25, 0.3) is 0 Å². The van der Waals surface area contributed by atoms with Gasteiger partial charge in [0.1, 0.15) is 12.1 Å². The number of carboxylic acid groups (broad SMARTS) is 1. The van der Waals surface area contributed by atoms with Gasteiger partial charge in [-0.1, -0.05) is 34.1 Å². The largest absolute Gasteiger partial charge is 0.480 e. The Kier molecular flexibility index (Phi) is 12.5. The molecule has 0 spiro atoms.